The van der Waals surface area contributed by atoms with Gasteiger partial charge in [-0.25, -0.2) is 0 Å². The molecule has 1 aliphatic rings. The molecule has 0 amide bonds. The molecule has 0 aliphatic carbocycles. The average Bonchev–Trinajstić information content (AvgIpc) is 2.65. The Labute approximate surface area is 142 Å². The van der Waals surface area contributed by atoms with Crippen molar-refractivity contribution in [1.29, 1.82) is 0 Å². The fraction of sp³-hybridized carbons (Fsp3) is 0.529. The summed E-state index contributed by atoms with van der Waals surface area (Å²) in [5.74, 6) is 0. The van der Waals surface area contributed by atoms with Gasteiger partial charge in [-0.05, 0) is 62.8 Å². The highest BCUT2D eigenvalue weighted by Crippen LogP contribution is 2.38. The maximum Gasteiger partial charge on any atom is 0.492 e. The summed E-state index contributed by atoms with van der Waals surface area (Å²) in [6.45, 7) is 10.1. The minimum absolute atomic E-state index is 0.0873. The number of hydrogen-bond acceptors (Lipinski definition) is 3. The fourth-order valence-corrected chi connectivity index (χ4v) is 2.81. The quantitative estimate of drug-likeness (QED) is 0.818. The Morgan fingerprint density at radius 2 is 1.82 bits per heavy atom. The number of rotatable bonds is 4. The summed E-state index contributed by atoms with van der Waals surface area (Å²) in [4.78, 5) is 0. The van der Waals surface area contributed by atoms with Crippen LogP contribution in [-0.4, -0.2) is 30.0 Å². The summed E-state index contributed by atoms with van der Waals surface area (Å²) in [7, 11) is -0.511. The zero-order valence-electron chi connectivity index (χ0n) is 13.9. The van der Waals surface area contributed by atoms with Gasteiger partial charge in [0.25, 0.3) is 0 Å². The first kappa shape index (κ1) is 17.7. The Bertz CT molecular complexity index is 565. The van der Waals surface area contributed by atoms with Crippen LogP contribution < -0.4 is 0 Å². The van der Waals surface area contributed by atoms with Gasteiger partial charge < -0.3 is 14.4 Å². The van der Waals surface area contributed by atoms with Crippen LogP contribution in [0.4, 0.5) is 0 Å². The van der Waals surface area contributed by atoms with Crippen molar-refractivity contribution in [3.63, 3.8) is 0 Å². The molecular weight excluding hydrogens is 343 g/mol. The molecule has 0 saturated carbocycles. The van der Waals surface area contributed by atoms with E-state index < -0.39 is 18.3 Å². The first-order valence-corrected chi connectivity index (χ1v) is 8.45. The van der Waals surface area contributed by atoms with Gasteiger partial charge in [-0.2, -0.15) is 0 Å². The zero-order chi connectivity index (χ0) is 16.5. The standard InChI is InChI=1S/C17H24BBrO3/c1-6-12-10-15(19)8-7-13(12)9-14(11-20)18-21-16(2,3)17(4,5)22-18/h7-10,20H,6,11H2,1-5H3. The molecule has 3 nitrogen and oxygen atoms in total. The molecule has 22 heavy (non-hydrogen) atoms. The van der Waals surface area contributed by atoms with Crippen molar-refractivity contribution < 1.29 is 14.4 Å². The third kappa shape index (κ3) is 3.48. The van der Waals surface area contributed by atoms with Gasteiger partial charge in [0.2, 0.25) is 0 Å². The van der Waals surface area contributed by atoms with Crippen LogP contribution in [0.25, 0.3) is 6.08 Å². The van der Waals surface area contributed by atoms with Gasteiger partial charge in [-0.1, -0.05) is 35.0 Å². The summed E-state index contributed by atoms with van der Waals surface area (Å²) in [6.07, 6.45) is 2.90. The summed E-state index contributed by atoms with van der Waals surface area (Å²) >= 11 is 3.50. The van der Waals surface area contributed by atoms with Gasteiger partial charge in [-0.15, -0.1) is 0 Å². The molecule has 0 atom stereocenters. The lowest BCUT2D eigenvalue weighted by Crippen LogP contribution is -2.41. The second kappa shape index (κ2) is 6.48. The predicted molar refractivity (Wildman–Crippen MR) is 94.7 cm³/mol. The number of hydrogen-bond donors (Lipinski definition) is 1. The molecule has 5 heteroatoms. The van der Waals surface area contributed by atoms with E-state index in [4.69, 9.17) is 9.31 Å². The van der Waals surface area contributed by atoms with Crippen molar-refractivity contribution in [3.8, 4) is 0 Å². The predicted octanol–water partition coefficient (Wildman–Crippen LogP) is 4.02. The molecule has 1 aromatic carbocycles. The van der Waals surface area contributed by atoms with E-state index in [9.17, 15) is 5.11 Å². The maximum absolute atomic E-state index is 9.77. The Balaban J connectivity index is 2.34. The Morgan fingerprint density at radius 3 is 2.32 bits per heavy atom. The van der Waals surface area contributed by atoms with Crippen LogP contribution in [-0.2, 0) is 15.7 Å². The van der Waals surface area contributed by atoms with E-state index in [1.54, 1.807) is 0 Å². The summed E-state index contributed by atoms with van der Waals surface area (Å²) in [5, 5.41) is 9.77. The lowest BCUT2D eigenvalue weighted by molar-refractivity contribution is 0.00578. The first-order chi connectivity index (χ1) is 10.2. The number of aryl methyl sites for hydroxylation is 1. The van der Waals surface area contributed by atoms with Crippen molar-refractivity contribution >= 4 is 29.1 Å². The third-order valence-corrected chi connectivity index (χ3v) is 5.06. The lowest BCUT2D eigenvalue weighted by atomic mass is 9.77. The van der Waals surface area contributed by atoms with Crippen LogP contribution in [0.3, 0.4) is 0 Å². The Hall–Kier alpha value is -0.615. The van der Waals surface area contributed by atoms with E-state index in [1.165, 1.54) is 5.56 Å². The molecule has 1 aliphatic heterocycles. The Kier molecular flexibility index (Phi) is 5.22. The van der Waals surface area contributed by atoms with Crippen LogP contribution in [0.5, 0.6) is 0 Å². The molecule has 1 N–H and O–H groups in total. The monoisotopic (exact) mass is 366 g/mol. The smallest absolute Gasteiger partial charge is 0.400 e. The summed E-state index contributed by atoms with van der Waals surface area (Å²) < 4.78 is 13.1. The second-order valence-electron chi connectivity index (χ2n) is 6.66. The van der Waals surface area contributed by atoms with Gasteiger partial charge in [0.15, 0.2) is 0 Å². The highest BCUT2D eigenvalue weighted by Gasteiger charge is 2.52. The first-order valence-electron chi connectivity index (χ1n) is 7.65. The summed E-state index contributed by atoms with van der Waals surface area (Å²) in [5.41, 5.74) is 2.25. The molecule has 1 saturated heterocycles. The van der Waals surface area contributed by atoms with E-state index >= 15 is 0 Å². The van der Waals surface area contributed by atoms with Crippen LogP contribution >= 0.6 is 15.9 Å². The molecule has 1 aromatic rings. The van der Waals surface area contributed by atoms with E-state index in [2.05, 4.69) is 28.9 Å². The number of halogens is 1. The van der Waals surface area contributed by atoms with Crippen LogP contribution in [0.15, 0.2) is 28.1 Å². The van der Waals surface area contributed by atoms with E-state index in [0.29, 0.717) is 0 Å². The zero-order valence-corrected chi connectivity index (χ0v) is 15.5. The van der Waals surface area contributed by atoms with Gasteiger partial charge >= 0.3 is 7.12 Å². The molecule has 1 fully saturated rings. The minimum atomic E-state index is -0.511. The average molecular weight is 367 g/mol. The fourth-order valence-electron chi connectivity index (χ4n) is 2.40. The van der Waals surface area contributed by atoms with Gasteiger partial charge in [0, 0.05) is 4.47 Å². The van der Waals surface area contributed by atoms with Gasteiger partial charge in [-0.3, -0.25) is 0 Å². The van der Waals surface area contributed by atoms with Gasteiger partial charge in [0.05, 0.1) is 17.8 Å². The van der Waals surface area contributed by atoms with Crippen LogP contribution in [0.2, 0.25) is 0 Å². The number of benzene rings is 1. The van der Waals surface area contributed by atoms with Crippen molar-refractivity contribution in [2.45, 2.75) is 52.2 Å². The van der Waals surface area contributed by atoms with Gasteiger partial charge in [0.1, 0.15) is 0 Å². The van der Waals surface area contributed by atoms with Crippen molar-refractivity contribution in [2.75, 3.05) is 6.61 Å². The largest absolute Gasteiger partial charge is 0.492 e. The van der Waals surface area contributed by atoms with E-state index in [0.717, 1.165) is 21.9 Å². The minimum Gasteiger partial charge on any atom is -0.400 e. The highest BCUT2D eigenvalue weighted by atomic mass is 79.9. The Morgan fingerprint density at radius 1 is 1.23 bits per heavy atom. The third-order valence-electron chi connectivity index (χ3n) is 4.57. The molecule has 1 heterocycles. The topological polar surface area (TPSA) is 38.7 Å². The van der Waals surface area contributed by atoms with E-state index in [-0.39, 0.29) is 6.61 Å². The molecule has 2 rings (SSSR count). The molecule has 0 unspecified atom stereocenters. The maximum atomic E-state index is 9.77. The SMILES string of the molecule is CCc1cc(Br)ccc1C=C(CO)B1OC(C)(C)C(C)(C)O1. The number of aliphatic hydroxyl groups is 1. The molecule has 0 spiro atoms. The lowest BCUT2D eigenvalue weighted by Gasteiger charge is -2.32. The molecule has 120 valence electrons. The highest BCUT2D eigenvalue weighted by molar-refractivity contribution is 9.10. The number of aliphatic hydroxyl groups excluding tert-OH is 1. The second-order valence-corrected chi connectivity index (χ2v) is 7.58. The van der Waals surface area contributed by atoms with Crippen molar-refractivity contribution in [3.05, 3.63) is 39.3 Å². The normalized spacial score (nSPS) is 20.5. The van der Waals surface area contributed by atoms with Crippen LogP contribution in [0, 0.1) is 0 Å². The van der Waals surface area contributed by atoms with Crippen molar-refractivity contribution in [2.24, 2.45) is 0 Å². The van der Waals surface area contributed by atoms with Crippen molar-refractivity contribution in [1.82, 2.24) is 0 Å². The summed E-state index contributed by atoms with van der Waals surface area (Å²) in [6, 6.07) is 6.15. The molecule has 0 radical (unpaired) electrons. The molecule has 0 aromatic heterocycles. The van der Waals surface area contributed by atoms with Crippen LogP contribution in [0.1, 0.15) is 45.7 Å². The van der Waals surface area contributed by atoms with E-state index in [1.807, 2.05) is 45.9 Å². The molecular formula is C17H24BBrO3. The molecule has 0 bridgehead atoms.